The Bertz CT molecular complexity index is 447. The number of benzene rings is 1. The third-order valence-corrected chi connectivity index (χ3v) is 3.60. The van der Waals surface area contributed by atoms with Crippen LogP contribution in [0, 0.1) is 5.92 Å². The Morgan fingerprint density at radius 3 is 2.53 bits per heavy atom. The zero-order valence-corrected chi connectivity index (χ0v) is 10.3. The Hall–Kier alpha value is -1.41. The normalized spacial score (nSPS) is 28.3. The van der Waals surface area contributed by atoms with Crippen LogP contribution in [0.5, 0.6) is 0 Å². The maximum absolute atomic E-state index is 11.9. The van der Waals surface area contributed by atoms with E-state index >= 15 is 0 Å². The van der Waals surface area contributed by atoms with Gasteiger partial charge >= 0.3 is 0 Å². The molecule has 2 heteroatoms. The van der Waals surface area contributed by atoms with Crippen molar-refractivity contribution in [1.29, 1.82) is 0 Å². The molecule has 0 aromatic heterocycles. The summed E-state index contributed by atoms with van der Waals surface area (Å²) in [6, 6.07) is 9.48. The van der Waals surface area contributed by atoms with Crippen molar-refractivity contribution in [3.8, 4) is 0 Å². The van der Waals surface area contributed by atoms with Gasteiger partial charge in [0.05, 0.1) is 5.92 Å². The van der Waals surface area contributed by atoms with E-state index in [0.29, 0.717) is 0 Å². The summed E-state index contributed by atoms with van der Waals surface area (Å²) in [6.45, 7) is 3.87. The first-order valence-electron chi connectivity index (χ1n) is 6.11. The summed E-state index contributed by atoms with van der Waals surface area (Å²) in [5, 5.41) is 10.9. The summed E-state index contributed by atoms with van der Waals surface area (Å²) in [5.41, 5.74) is 0.471. The van der Waals surface area contributed by atoms with Gasteiger partial charge in [0.15, 0.2) is 5.78 Å². The van der Waals surface area contributed by atoms with Crippen LogP contribution in [0.15, 0.2) is 42.0 Å². The molecular formula is C15H18O2. The van der Waals surface area contributed by atoms with E-state index < -0.39 is 5.60 Å². The van der Waals surface area contributed by atoms with E-state index in [9.17, 15) is 9.90 Å². The number of rotatable bonds is 3. The first-order chi connectivity index (χ1) is 8.10. The lowest BCUT2D eigenvalue weighted by Gasteiger charge is -2.31. The summed E-state index contributed by atoms with van der Waals surface area (Å²) < 4.78 is 0. The summed E-state index contributed by atoms with van der Waals surface area (Å²) in [7, 11) is 0. The van der Waals surface area contributed by atoms with Crippen LogP contribution >= 0.6 is 0 Å². The highest BCUT2D eigenvalue weighted by molar-refractivity contribution is 5.97. The highest BCUT2D eigenvalue weighted by atomic mass is 16.3. The van der Waals surface area contributed by atoms with E-state index in [-0.39, 0.29) is 11.7 Å². The van der Waals surface area contributed by atoms with Gasteiger partial charge in [0.2, 0.25) is 0 Å². The van der Waals surface area contributed by atoms with Gasteiger partial charge in [-0.25, -0.2) is 0 Å². The van der Waals surface area contributed by atoms with E-state index in [2.05, 4.69) is 0 Å². The van der Waals surface area contributed by atoms with Crippen molar-refractivity contribution in [3.63, 3.8) is 0 Å². The maximum Gasteiger partial charge on any atom is 0.162 e. The van der Waals surface area contributed by atoms with Gasteiger partial charge in [-0.1, -0.05) is 43.7 Å². The fraction of sp³-hybridized carbons (Fsp3) is 0.400. The summed E-state index contributed by atoms with van der Waals surface area (Å²) in [5.74, 6) is -0.273. The fourth-order valence-electron chi connectivity index (χ4n) is 2.67. The van der Waals surface area contributed by atoms with E-state index in [0.717, 1.165) is 24.0 Å². The third-order valence-electron chi connectivity index (χ3n) is 3.60. The highest BCUT2D eigenvalue weighted by Crippen LogP contribution is 2.44. The van der Waals surface area contributed by atoms with Gasteiger partial charge in [-0.15, -0.1) is 0 Å². The molecular weight excluding hydrogens is 212 g/mol. The minimum atomic E-state index is -1.10. The summed E-state index contributed by atoms with van der Waals surface area (Å²) in [4.78, 5) is 11.9. The Labute approximate surface area is 102 Å². The average Bonchev–Trinajstić information content (AvgIpc) is 2.55. The van der Waals surface area contributed by atoms with Crippen LogP contribution in [0.2, 0.25) is 0 Å². The van der Waals surface area contributed by atoms with Crippen LogP contribution in [-0.4, -0.2) is 10.9 Å². The van der Waals surface area contributed by atoms with Crippen LogP contribution in [0.1, 0.15) is 32.3 Å². The van der Waals surface area contributed by atoms with Crippen molar-refractivity contribution >= 4 is 5.78 Å². The molecule has 0 saturated heterocycles. The Morgan fingerprint density at radius 1 is 1.29 bits per heavy atom. The van der Waals surface area contributed by atoms with Crippen molar-refractivity contribution in [1.82, 2.24) is 0 Å². The second-order valence-electron chi connectivity index (χ2n) is 4.70. The van der Waals surface area contributed by atoms with Gasteiger partial charge in [-0.05, 0) is 30.6 Å². The molecule has 0 bridgehead atoms. The van der Waals surface area contributed by atoms with Gasteiger partial charge in [-0.3, -0.25) is 4.79 Å². The molecule has 0 aliphatic heterocycles. The van der Waals surface area contributed by atoms with E-state index in [1.54, 1.807) is 6.08 Å². The first-order valence-corrected chi connectivity index (χ1v) is 6.11. The molecule has 0 unspecified atom stereocenters. The van der Waals surface area contributed by atoms with E-state index in [4.69, 9.17) is 0 Å². The molecule has 0 amide bonds. The summed E-state index contributed by atoms with van der Waals surface area (Å²) in [6.07, 6.45) is 3.21. The molecule has 1 aromatic rings. The summed E-state index contributed by atoms with van der Waals surface area (Å²) >= 11 is 0. The Kier molecular flexibility index (Phi) is 3.16. The molecule has 0 radical (unpaired) electrons. The fourth-order valence-corrected chi connectivity index (χ4v) is 2.67. The van der Waals surface area contributed by atoms with E-state index in [1.807, 2.05) is 44.2 Å². The minimum Gasteiger partial charge on any atom is -0.380 e. The number of aliphatic hydroxyl groups is 1. The first kappa shape index (κ1) is 12.1. The van der Waals surface area contributed by atoms with Crippen LogP contribution in [0.3, 0.4) is 0 Å². The lowest BCUT2D eigenvalue weighted by Crippen LogP contribution is -2.35. The zero-order valence-electron chi connectivity index (χ0n) is 10.3. The van der Waals surface area contributed by atoms with Gasteiger partial charge in [0, 0.05) is 0 Å². The largest absolute Gasteiger partial charge is 0.380 e. The molecule has 0 saturated carbocycles. The van der Waals surface area contributed by atoms with Crippen LogP contribution in [-0.2, 0) is 10.4 Å². The topological polar surface area (TPSA) is 37.3 Å². The standard InChI is InChI=1S/C15H18O2/c1-3-7-13-14(16)10-11(2)15(13,17)12-8-5-4-6-9-12/h4-6,8-10,13,17H,3,7H2,1-2H3/t13-,15+/m0/s1. The monoisotopic (exact) mass is 230 g/mol. The third kappa shape index (κ3) is 1.83. The average molecular weight is 230 g/mol. The molecule has 0 fully saturated rings. The number of ketones is 1. The number of hydrogen-bond donors (Lipinski definition) is 1. The molecule has 1 aliphatic carbocycles. The second-order valence-corrected chi connectivity index (χ2v) is 4.70. The SMILES string of the molecule is CCC[C@H]1C(=O)C=C(C)[C@@]1(O)c1ccccc1. The van der Waals surface area contributed by atoms with Gasteiger partial charge in [0.25, 0.3) is 0 Å². The van der Waals surface area contributed by atoms with Crippen molar-refractivity contribution < 1.29 is 9.90 Å². The number of allylic oxidation sites excluding steroid dienone is 1. The quantitative estimate of drug-likeness (QED) is 0.867. The Balaban J connectivity index is 2.46. The zero-order chi connectivity index (χ0) is 12.5. The molecule has 0 heterocycles. The molecule has 0 spiro atoms. The molecule has 90 valence electrons. The van der Waals surface area contributed by atoms with Gasteiger partial charge < -0.3 is 5.11 Å². The number of carbonyl (C=O) groups is 1. The lowest BCUT2D eigenvalue weighted by atomic mass is 9.78. The molecule has 1 N–H and O–H groups in total. The van der Waals surface area contributed by atoms with Crippen LogP contribution in [0.4, 0.5) is 0 Å². The molecule has 17 heavy (non-hydrogen) atoms. The Morgan fingerprint density at radius 2 is 1.94 bits per heavy atom. The molecule has 1 aliphatic rings. The molecule has 2 atom stereocenters. The van der Waals surface area contributed by atoms with Crippen molar-refractivity contribution in [3.05, 3.63) is 47.5 Å². The molecule has 2 rings (SSSR count). The second kappa shape index (κ2) is 4.46. The van der Waals surface area contributed by atoms with Crippen LogP contribution < -0.4 is 0 Å². The number of hydrogen-bond acceptors (Lipinski definition) is 2. The smallest absolute Gasteiger partial charge is 0.162 e. The predicted octanol–water partition coefficient (Wildman–Crippen LogP) is 2.82. The minimum absolute atomic E-state index is 0.0516. The van der Waals surface area contributed by atoms with Gasteiger partial charge in [-0.2, -0.15) is 0 Å². The number of carbonyl (C=O) groups excluding carboxylic acids is 1. The van der Waals surface area contributed by atoms with Crippen molar-refractivity contribution in [2.75, 3.05) is 0 Å². The lowest BCUT2D eigenvalue weighted by molar-refractivity contribution is -0.123. The van der Waals surface area contributed by atoms with Crippen molar-refractivity contribution in [2.24, 2.45) is 5.92 Å². The molecule has 2 nitrogen and oxygen atoms in total. The van der Waals surface area contributed by atoms with Gasteiger partial charge in [0.1, 0.15) is 5.60 Å². The maximum atomic E-state index is 11.9. The predicted molar refractivity (Wildman–Crippen MR) is 67.5 cm³/mol. The van der Waals surface area contributed by atoms with Crippen molar-refractivity contribution in [2.45, 2.75) is 32.3 Å². The van der Waals surface area contributed by atoms with Crippen LogP contribution in [0.25, 0.3) is 0 Å². The molecule has 1 aromatic carbocycles. The highest BCUT2D eigenvalue weighted by Gasteiger charge is 2.47. The van der Waals surface area contributed by atoms with E-state index in [1.165, 1.54) is 0 Å².